The third kappa shape index (κ3) is 2.58. The number of nitrogens with zero attached hydrogens (tertiary/aromatic N) is 2. The Labute approximate surface area is 103 Å². The van der Waals surface area contributed by atoms with Gasteiger partial charge in [-0.05, 0) is 17.7 Å². The highest BCUT2D eigenvalue weighted by atomic mass is 79.9. The molecule has 0 aliphatic rings. The molecule has 0 aliphatic heterocycles. The van der Waals surface area contributed by atoms with Crippen LogP contribution in [0.15, 0.2) is 40.9 Å². The molecule has 82 valence electrons. The van der Waals surface area contributed by atoms with Gasteiger partial charge in [0.1, 0.15) is 0 Å². The Morgan fingerprint density at radius 1 is 1.12 bits per heavy atom. The van der Waals surface area contributed by atoms with Gasteiger partial charge < -0.3 is 4.74 Å². The third-order valence-corrected chi connectivity index (χ3v) is 3.01. The Balaban J connectivity index is 2.18. The Morgan fingerprint density at radius 2 is 1.94 bits per heavy atom. The van der Waals surface area contributed by atoms with Crippen molar-refractivity contribution in [2.75, 3.05) is 7.11 Å². The van der Waals surface area contributed by atoms with Gasteiger partial charge in [0, 0.05) is 17.0 Å². The molecule has 3 nitrogen and oxygen atoms in total. The largest absolute Gasteiger partial charge is 0.480 e. The molecular weight excluding hydrogens is 268 g/mol. The number of halogens is 1. The normalized spacial score (nSPS) is 10.1. The predicted molar refractivity (Wildman–Crippen MR) is 65.5 cm³/mol. The minimum atomic E-state index is 0.538. The van der Waals surface area contributed by atoms with Crippen LogP contribution in [-0.2, 0) is 6.42 Å². The van der Waals surface area contributed by atoms with Crippen LogP contribution in [0.25, 0.3) is 0 Å². The predicted octanol–water partition coefficient (Wildman–Crippen LogP) is 2.84. The first-order valence-corrected chi connectivity index (χ1v) is 5.69. The second-order valence-corrected chi connectivity index (χ2v) is 4.19. The Bertz CT molecular complexity index is 471. The molecule has 0 unspecified atom stereocenters. The monoisotopic (exact) mass is 278 g/mol. The van der Waals surface area contributed by atoms with Crippen LogP contribution in [0.1, 0.15) is 11.3 Å². The Hall–Kier alpha value is -1.42. The van der Waals surface area contributed by atoms with Gasteiger partial charge in [0.15, 0.2) is 0 Å². The van der Waals surface area contributed by atoms with Gasteiger partial charge in [-0.25, -0.2) is 0 Å². The second-order valence-electron chi connectivity index (χ2n) is 3.34. The molecule has 0 bridgehead atoms. The molecule has 4 heteroatoms. The maximum atomic E-state index is 4.96. The summed E-state index contributed by atoms with van der Waals surface area (Å²) in [5, 5.41) is 8.03. The summed E-state index contributed by atoms with van der Waals surface area (Å²) in [6, 6.07) is 11.8. The lowest BCUT2D eigenvalue weighted by molar-refractivity contribution is 0.391. The maximum absolute atomic E-state index is 4.96. The summed E-state index contributed by atoms with van der Waals surface area (Å²) in [7, 11) is 1.58. The smallest absolute Gasteiger partial charge is 0.233 e. The molecule has 16 heavy (non-hydrogen) atoms. The lowest BCUT2D eigenvalue weighted by atomic mass is 10.1. The fourth-order valence-corrected chi connectivity index (χ4v) is 1.81. The number of hydrogen-bond acceptors (Lipinski definition) is 3. The number of rotatable bonds is 3. The van der Waals surface area contributed by atoms with Gasteiger partial charge in [-0.15, -0.1) is 5.10 Å². The van der Waals surface area contributed by atoms with E-state index in [9.17, 15) is 0 Å². The maximum Gasteiger partial charge on any atom is 0.233 e. The molecular formula is C12H11BrN2O. The molecule has 0 saturated heterocycles. The van der Waals surface area contributed by atoms with E-state index in [0.717, 1.165) is 16.6 Å². The molecule has 0 amide bonds. The molecule has 0 fully saturated rings. The molecule has 0 saturated carbocycles. The van der Waals surface area contributed by atoms with Crippen molar-refractivity contribution >= 4 is 15.9 Å². The summed E-state index contributed by atoms with van der Waals surface area (Å²) in [5.74, 6) is 0.538. The Morgan fingerprint density at radius 3 is 2.56 bits per heavy atom. The second kappa shape index (κ2) is 5.07. The number of methoxy groups -OCH3 is 1. The van der Waals surface area contributed by atoms with E-state index in [2.05, 4.69) is 32.2 Å². The number of benzene rings is 1. The van der Waals surface area contributed by atoms with Gasteiger partial charge in [-0.3, -0.25) is 0 Å². The zero-order chi connectivity index (χ0) is 11.4. The molecule has 0 N–H and O–H groups in total. The highest BCUT2D eigenvalue weighted by molar-refractivity contribution is 9.10. The van der Waals surface area contributed by atoms with Crippen LogP contribution in [0.3, 0.4) is 0 Å². The van der Waals surface area contributed by atoms with E-state index in [4.69, 9.17) is 4.74 Å². The van der Waals surface area contributed by atoms with E-state index in [0.29, 0.717) is 5.88 Å². The van der Waals surface area contributed by atoms with Crippen molar-refractivity contribution in [3.8, 4) is 5.88 Å². The minimum Gasteiger partial charge on any atom is -0.480 e. The summed E-state index contributed by atoms with van der Waals surface area (Å²) in [6.07, 6.45) is 0.762. The van der Waals surface area contributed by atoms with Crippen LogP contribution in [0.4, 0.5) is 0 Å². The first-order chi connectivity index (χ1) is 7.79. The van der Waals surface area contributed by atoms with E-state index in [1.807, 2.05) is 30.3 Å². The number of ether oxygens (including phenoxy) is 1. The standard InChI is InChI=1S/C12H11BrN2O/c1-16-12-7-6-10(14-15-12)8-9-4-2-3-5-11(9)13/h2-7H,8H2,1H3. The summed E-state index contributed by atoms with van der Waals surface area (Å²) < 4.78 is 6.05. The number of aromatic nitrogens is 2. The highest BCUT2D eigenvalue weighted by Gasteiger charge is 2.02. The SMILES string of the molecule is COc1ccc(Cc2ccccc2Br)nn1. The quantitative estimate of drug-likeness (QED) is 0.866. The van der Waals surface area contributed by atoms with Gasteiger partial charge in [-0.2, -0.15) is 5.10 Å². The first kappa shape index (κ1) is 11.1. The molecule has 0 aliphatic carbocycles. The molecule has 1 aromatic carbocycles. The molecule has 0 radical (unpaired) electrons. The van der Waals surface area contributed by atoms with Crippen molar-refractivity contribution < 1.29 is 4.74 Å². The van der Waals surface area contributed by atoms with Crippen molar-refractivity contribution in [1.29, 1.82) is 0 Å². The topological polar surface area (TPSA) is 35.0 Å². The third-order valence-electron chi connectivity index (χ3n) is 2.23. The highest BCUT2D eigenvalue weighted by Crippen LogP contribution is 2.18. The van der Waals surface area contributed by atoms with Crippen LogP contribution in [0.5, 0.6) is 5.88 Å². The summed E-state index contributed by atoms with van der Waals surface area (Å²) in [6.45, 7) is 0. The molecule has 1 aromatic heterocycles. The van der Waals surface area contributed by atoms with E-state index in [1.165, 1.54) is 5.56 Å². The van der Waals surface area contributed by atoms with Crippen LogP contribution in [0, 0.1) is 0 Å². The summed E-state index contributed by atoms with van der Waals surface area (Å²) in [5.41, 5.74) is 2.12. The molecule has 0 atom stereocenters. The fourth-order valence-electron chi connectivity index (χ4n) is 1.39. The van der Waals surface area contributed by atoms with E-state index >= 15 is 0 Å². The van der Waals surface area contributed by atoms with Crippen LogP contribution in [0.2, 0.25) is 0 Å². The number of hydrogen-bond donors (Lipinski definition) is 0. The van der Waals surface area contributed by atoms with E-state index in [-0.39, 0.29) is 0 Å². The Kier molecular flexibility index (Phi) is 3.51. The molecule has 2 rings (SSSR count). The van der Waals surface area contributed by atoms with Crippen LogP contribution < -0.4 is 4.74 Å². The van der Waals surface area contributed by atoms with Crippen LogP contribution >= 0.6 is 15.9 Å². The summed E-state index contributed by atoms with van der Waals surface area (Å²) in [4.78, 5) is 0. The lowest BCUT2D eigenvalue weighted by Crippen LogP contribution is -1.97. The first-order valence-electron chi connectivity index (χ1n) is 4.89. The van der Waals surface area contributed by atoms with E-state index < -0.39 is 0 Å². The van der Waals surface area contributed by atoms with Gasteiger partial charge in [-0.1, -0.05) is 34.1 Å². The summed E-state index contributed by atoms with van der Waals surface area (Å²) >= 11 is 3.51. The zero-order valence-corrected chi connectivity index (χ0v) is 10.4. The van der Waals surface area contributed by atoms with Crippen LogP contribution in [-0.4, -0.2) is 17.3 Å². The van der Waals surface area contributed by atoms with Gasteiger partial charge >= 0.3 is 0 Å². The molecule has 1 heterocycles. The van der Waals surface area contributed by atoms with Gasteiger partial charge in [0.05, 0.1) is 12.8 Å². The van der Waals surface area contributed by atoms with Crippen molar-refractivity contribution in [3.05, 3.63) is 52.1 Å². The average Bonchev–Trinajstić information content (AvgIpc) is 2.33. The van der Waals surface area contributed by atoms with Crippen molar-refractivity contribution in [2.24, 2.45) is 0 Å². The minimum absolute atomic E-state index is 0.538. The lowest BCUT2D eigenvalue weighted by Gasteiger charge is -2.03. The van der Waals surface area contributed by atoms with Crippen molar-refractivity contribution in [2.45, 2.75) is 6.42 Å². The molecule has 0 spiro atoms. The van der Waals surface area contributed by atoms with Gasteiger partial charge in [0.2, 0.25) is 5.88 Å². The van der Waals surface area contributed by atoms with Gasteiger partial charge in [0.25, 0.3) is 0 Å². The molecule has 2 aromatic rings. The zero-order valence-electron chi connectivity index (χ0n) is 8.85. The van der Waals surface area contributed by atoms with E-state index in [1.54, 1.807) is 7.11 Å². The van der Waals surface area contributed by atoms with Crippen molar-refractivity contribution in [1.82, 2.24) is 10.2 Å². The fraction of sp³-hybridized carbons (Fsp3) is 0.167. The van der Waals surface area contributed by atoms with Crippen molar-refractivity contribution in [3.63, 3.8) is 0 Å². The average molecular weight is 279 g/mol.